The average molecular weight is 331 g/mol. The molecular formula is C15H27ClN4O2. The van der Waals surface area contributed by atoms with Crippen molar-refractivity contribution in [3.63, 3.8) is 0 Å². The number of hydrogen-bond acceptors (Lipinski definition) is 5. The van der Waals surface area contributed by atoms with Crippen LogP contribution in [-0.4, -0.2) is 40.6 Å². The van der Waals surface area contributed by atoms with E-state index >= 15 is 0 Å². The van der Waals surface area contributed by atoms with E-state index in [0.717, 1.165) is 51.6 Å². The number of rotatable bonds is 7. The molecule has 2 rings (SSSR count). The van der Waals surface area contributed by atoms with Gasteiger partial charge in [-0.15, -0.1) is 12.4 Å². The number of carbonyl (C=O) groups is 1. The first-order valence-corrected chi connectivity index (χ1v) is 7.98. The molecule has 126 valence electrons. The van der Waals surface area contributed by atoms with Crippen LogP contribution in [0.15, 0.2) is 4.52 Å². The molecule has 22 heavy (non-hydrogen) atoms. The molecule has 0 bridgehead atoms. The lowest BCUT2D eigenvalue weighted by atomic mass is 9.97. The molecule has 1 aromatic rings. The van der Waals surface area contributed by atoms with Gasteiger partial charge in [0.15, 0.2) is 5.82 Å². The minimum atomic E-state index is 0. The summed E-state index contributed by atoms with van der Waals surface area (Å²) < 4.78 is 5.25. The molecule has 1 saturated heterocycles. The summed E-state index contributed by atoms with van der Waals surface area (Å²) in [7, 11) is 0. The van der Waals surface area contributed by atoms with Crippen LogP contribution in [0.25, 0.3) is 0 Å². The van der Waals surface area contributed by atoms with Gasteiger partial charge in [-0.05, 0) is 39.2 Å². The normalized spacial score (nSPS) is 18.1. The van der Waals surface area contributed by atoms with Crippen molar-refractivity contribution in [1.82, 2.24) is 15.0 Å². The molecule has 0 spiro atoms. The molecule has 1 atom stereocenters. The Hall–Kier alpha value is -1.14. The summed E-state index contributed by atoms with van der Waals surface area (Å²) in [5.41, 5.74) is 5.46. The van der Waals surface area contributed by atoms with Gasteiger partial charge in [-0.2, -0.15) is 4.98 Å². The molecule has 0 aromatic carbocycles. The predicted octanol–water partition coefficient (Wildman–Crippen LogP) is 2.42. The van der Waals surface area contributed by atoms with Crippen LogP contribution in [0.1, 0.15) is 62.6 Å². The highest BCUT2D eigenvalue weighted by atomic mass is 35.5. The van der Waals surface area contributed by atoms with Crippen LogP contribution in [0.3, 0.4) is 0 Å². The fourth-order valence-corrected chi connectivity index (χ4v) is 2.82. The van der Waals surface area contributed by atoms with Gasteiger partial charge in [0.2, 0.25) is 11.8 Å². The van der Waals surface area contributed by atoms with Crippen molar-refractivity contribution in [2.45, 2.75) is 57.8 Å². The lowest BCUT2D eigenvalue weighted by Gasteiger charge is -2.31. The van der Waals surface area contributed by atoms with Gasteiger partial charge in [0.05, 0.1) is 5.92 Å². The van der Waals surface area contributed by atoms with E-state index < -0.39 is 0 Å². The van der Waals surface area contributed by atoms with Crippen LogP contribution in [0.2, 0.25) is 0 Å². The Morgan fingerprint density at radius 1 is 1.36 bits per heavy atom. The number of unbranched alkanes of at least 4 members (excludes halogenated alkanes) is 3. The standard InChI is InChI=1S/C15H26N4O2.ClH/c1-12-17-15(21-18-12)13-7-6-10-19(11-13)14(20)8-4-2-3-5-9-16;/h13H,2-11,16H2,1H3;1H. The van der Waals surface area contributed by atoms with Crippen molar-refractivity contribution >= 4 is 18.3 Å². The lowest BCUT2D eigenvalue weighted by molar-refractivity contribution is -0.132. The van der Waals surface area contributed by atoms with Crippen LogP contribution in [0, 0.1) is 6.92 Å². The largest absolute Gasteiger partial charge is 0.342 e. The van der Waals surface area contributed by atoms with Crippen molar-refractivity contribution in [3.8, 4) is 0 Å². The minimum absolute atomic E-state index is 0. The molecule has 1 aliphatic rings. The molecule has 1 aliphatic heterocycles. The highest BCUT2D eigenvalue weighted by Gasteiger charge is 2.27. The van der Waals surface area contributed by atoms with E-state index in [1.165, 1.54) is 0 Å². The molecule has 0 radical (unpaired) electrons. The van der Waals surface area contributed by atoms with Gasteiger partial charge in [0.25, 0.3) is 0 Å². The van der Waals surface area contributed by atoms with Gasteiger partial charge in [-0.1, -0.05) is 18.0 Å². The maximum atomic E-state index is 12.2. The number of carbonyl (C=O) groups excluding carboxylic acids is 1. The number of aryl methyl sites for hydroxylation is 1. The highest BCUT2D eigenvalue weighted by Crippen LogP contribution is 2.26. The van der Waals surface area contributed by atoms with E-state index in [9.17, 15) is 4.79 Å². The van der Waals surface area contributed by atoms with E-state index in [2.05, 4.69) is 10.1 Å². The zero-order chi connectivity index (χ0) is 15.1. The number of nitrogens with zero attached hydrogens (tertiary/aromatic N) is 3. The van der Waals surface area contributed by atoms with Crippen LogP contribution in [0.5, 0.6) is 0 Å². The molecule has 1 unspecified atom stereocenters. The Morgan fingerprint density at radius 3 is 2.82 bits per heavy atom. The van der Waals surface area contributed by atoms with Crippen LogP contribution >= 0.6 is 12.4 Å². The second kappa shape index (κ2) is 9.79. The third kappa shape index (κ3) is 5.57. The minimum Gasteiger partial charge on any atom is -0.342 e. The Bertz CT molecular complexity index is 453. The lowest BCUT2D eigenvalue weighted by Crippen LogP contribution is -2.39. The molecule has 1 amide bonds. The average Bonchev–Trinajstić information content (AvgIpc) is 2.93. The van der Waals surface area contributed by atoms with Gasteiger partial charge in [0.1, 0.15) is 0 Å². The van der Waals surface area contributed by atoms with Crippen molar-refractivity contribution in [3.05, 3.63) is 11.7 Å². The Morgan fingerprint density at radius 2 is 2.14 bits per heavy atom. The van der Waals surface area contributed by atoms with Crippen LogP contribution in [0.4, 0.5) is 0 Å². The van der Waals surface area contributed by atoms with Gasteiger partial charge in [-0.3, -0.25) is 4.79 Å². The van der Waals surface area contributed by atoms with E-state index in [-0.39, 0.29) is 24.2 Å². The number of halogens is 1. The molecule has 2 heterocycles. The third-order valence-corrected chi connectivity index (χ3v) is 4.01. The SMILES string of the molecule is Cc1noc(C2CCCN(C(=O)CCCCCCN)C2)n1.Cl. The van der Waals surface area contributed by atoms with Crippen molar-refractivity contribution in [2.24, 2.45) is 5.73 Å². The molecular weight excluding hydrogens is 304 g/mol. The molecule has 6 nitrogen and oxygen atoms in total. The Balaban J connectivity index is 0.00000242. The van der Waals surface area contributed by atoms with E-state index in [1.54, 1.807) is 0 Å². The smallest absolute Gasteiger partial charge is 0.231 e. The maximum Gasteiger partial charge on any atom is 0.231 e. The highest BCUT2D eigenvalue weighted by molar-refractivity contribution is 5.85. The Kier molecular flexibility index (Phi) is 8.42. The number of amides is 1. The van der Waals surface area contributed by atoms with Crippen molar-refractivity contribution in [2.75, 3.05) is 19.6 Å². The van der Waals surface area contributed by atoms with E-state index in [1.807, 2.05) is 11.8 Å². The van der Waals surface area contributed by atoms with Gasteiger partial charge >= 0.3 is 0 Å². The molecule has 7 heteroatoms. The van der Waals surface area contributed by atoms with Gasteiger partial charge in [-0.25, -0.2) is 0 Å². The number of nitrogens with two attached hydrogens (primary N) is 1. The van der Waals surface area contributed by atoms with E-state index in [0.29, 0.717) is 24.7 Å². The van der Waals surface area contributed by atoms with Crippen LogP contribution < -0.4 is 5.73 Å². The number of likely N-dealkylation sites (tertiary alicyclic amines) is 1. The monoisotopic (exact) mass is 330 g/mol. The molecule has 1 aromatic heterocycles. The summed E-state index contributed by atoms with van der Waals surface area (Å²) in [6.45, 7) is 4.12. The predicted molar refractivity (Wildman–Crippen MR) is 87.0 cm³/mol. The Labute approximate surface area is 138 Å². The fraction of sp³-hybridized carbons (Fsp3) is 0.800. The molecule has 1 fully saturated rings. The topological polar surface area (TPSA) is 85.2 Å². The van der Waals surface area contributed by atoms with Gasteiger partial charge < -0.3 is 15.2 Å². The summed E-state index contributed by atoms with van der Waals surface area (Å²) in [4.78, 5) is 18.5. The number of hydrogen-bond donors (Lipinski definition) is 1. The first-order chi connectivity index (χ1) is 10.2. The molecule has 0 aliphatic carbocycles. The summed E-state index contributed by atoms with van der Waals surface area (Å²) in [6, 6.07) is 0. The zero-order valence-corrected chi connectivity index (χ0v) is 14.1. The number of piperidine rings is 1. The van der Waals surface area contributed by atoms with E-state index in [4.69, 9.17) is 10.3 Å². The summed E-state index contributed by atoms with van der Waals surface area (Å²) in [6.07, 6.45) is 6.87. The van der Waals surface area contributed by atoms with Crippen molar-refractivity contribution < 1.29 is 9.32 Å². The quantitative estimate of drug-likeness (QED) is 0.776. The third-order valence-electron chi connectivity index (χ3n) is 4.01. The van der Waals surface area contributed by atoms with Gasteiger partial charge in [0, 0.05) is 19.5 Å². The molecule has 2 N–H and O–H groups in total. The van der Waals surface area contributed by atoms with Crippen LogP contribution in [-0.2, 0) is 4.79 Å². The second-order valence-corrected chi connectivity index (χ2v) is 5.81. The number of aromatic nitrogens is 2. The van der Waals surface area contributed by atoms with Crippen molar-refractivity contribution in [1.29, 1.82) is 0 Å². The summed E-state index contributed by atoms with van der Waals surface area (Å²) >= 11 is 0. The maximum absolute atomic E-state index is 12.2. The summed E-state index contributed by atoms with van der Waals surface area (Å²) in [5.74, 6) is 1.78. The second-order valence-electron chi connectivity index (χ2n) is 5.81. The zero-order valence-electron chi connectivity index (χ0n) is 13.3. The molecule has 0 saturated carbocycles. The summed E-state index contributed by atoms with van der Waals surface area (Å²) in [5, 5.41) is 3.84. The fourth-order valence-electron chi connectivity index (χ4n) is 2.82. The first-order valence-electron chi connectivity index (χ1n) is 7.98. The first kappa shape index (κ1) is 18.9.